The fourth-order valence-corrected chi connectivity index (χ4v) is 3.26. The van der Waals surface area contributed by atoms with Gasteiger partial charge in [0.05, 0.1) is 0 Å². The summed E-state index contributed by atoms with van der Waals surface area (Å²) < 4.78 is 14.2. The van der Waals surface area contributed by atoms with Crippen molar-refractivity contribution in [1.29, 1.82) is 0 Å². The Morgan fingerprint density at radius 3 is 2.60 bits per heavy atom. The zero-order valence-corrected chi connectivity index (χ0v) is 12.8. The van der Waals surface area contributed by atoms with E-state index >= 15 is 0 Å². The molecule has 1 N–H and O–H groups in total. The van der Waals surface area contributed by atoms with Crippen LogP contribution in [0.25, 0.3) is 0 Å². The van der Waals surface area contributed by atoms with Gasteiger partial charge in [-0.3, -0.25) is 0 Å². The molecule has 0 bridgehead atoms. The molecule has 0 radical (unpaired) electrons. The molecule has 1 saturated carbocycles. The molecule has 1 aromatic carbocycles. The maximum absolute atomic E-state index is 14.2. The van der Waals surface area contributed by atoms with Gasteiger partial charge in [-0.25, -0.2) is 4.39 Å². The SMILES string of the molecule is CCNCc1c(F)cccc1N(CC)C1CCCCC1. The molecule has 1 aromatic rings. The van der Waals surface area contributed by atoms with Crippen LogP contribution in [-0.2, 0) is 6.54 Å². The van der Waals surface area contributed by atoms with E-state index in [0.29, 0.717) is 12.6 Å². The van der Waals surface area contributed by atoms with Crippen molar-refractivity contribution in [2.75, 3.05) is 18.0 Å². The van der Waals surface area contributed by atoms with Crippen LogP contribution in [0, 0.1) is 5.82 Å². The van der Waals surface area contributed by atoms with Crippen molar-refractivity contribution in [1.82, 2.24) is 5.32 Å². The summed E-state index contributed by atoms with van der Waals surface area (Å²) in [6.45, 7) is 6.66. The number of hydrogen-bond acceptors (Lipinski definition) is 2. The Morgan fingerprint density at radius 2 is 1.95 bits per heavy atom. The van der Waals surface area contributed by atoms with Crippen LogP contribution in [-0.4, -0.2) is 19.1 Å². The van der Waals surface area contributed by atoms with Gasteiger partial charge in [0.15, 0.2) is 0 Å². The van der Waals surface area contributed by atoms with Crippen molar-refractivity contribution in [3.63, 3.8) is 0 Å². The number of halogens is 1. The van der Waals surface area contributed by atoms with E-state index in [1.54, 1.807) is 6.07 Å². The lowest BCUT2D eigenvalue weighted by Gasteiger charge is -2.36. The first-order valence-corrected chi connectivity index (χ1v) is 8.02. The molecule has 1 aliphatic carbocycles. The molecule has 0 aliphatic heterocycles. The Kier molecular flexibility index (Phi) is 5.84. The third-order valence-corrected chi connectivity index (χ3v) is 4.31. The van der Waals surface area contributed by atoms with Gasteiger partial charge in [-0.2, -0.15) is 0 Å². The monoisotopic (exact) mass is 278 g/mol. The number of nitrogens with zero attached hydrogens (tertiary/aromatic N) is 1. The van der Waals surface area contributed by atoms with Gasteiger partial charge in [0.2, 0.25) is 0 Å². The molecule has 0 unspecified atom stereocenters. The number of rotatable bonds is 6. The van der Waals surface area contributed by atoms with Crippen LogP contribution in [0.15, 0.2) is 18.2 Å². The van der Waals surface area contributed by atoms with E-state index < -0.39 is 0 Å². The van der Waals surface area contributed by atoms with E-state index in [1.165, 1.54) is 32.1 Å². The van der Waals surface area contributed by atoms with Crippen LogP contribution < -0.4 is 10.2 Å². The highest BCUT2D eigenvalue weighted by molar-refractivity contribution is 5.55. The quantitative estimate of drug-likeness (QED) is 0.843. The third kappa shape index (κ3) is 3.51. The van der Waals surface area contributed by atoms with Crippen molar-refractivity contribution in [3.8, 4) is 0 Å². The van der Waals surface area contributed by atoms with Crippen molar-refractivity contribution < 1.29 is 4.39 Å². The average Bonchev–Trinajstić information content (AvgIpc) is 2.48. The van der Waals surface area contributed by atoms with Gasteiger partial charge in [-0.1, -0.05) is 32.3 Å². The Hall–Kier alpha value is -1.09. The second kappa shape index (κ2) is 7.63. The molecule has 1 fully saturated rings. The zero-order valence-electron chi connectivity index (χ0n) is 12.8. The summed E-state index contributed by atoms with van der Waals surface area (Å²) in [4.78, 5) is 2.41. The van der Waals surface area contributed by atoms with Crippen LogP contribution >= 0.6 is 0 Å². The minimum absolute atomic E-state index is 0.0855. The van der Waals surface area contributed by atoms with E-state index in [1.807, 2.05) is 6.07 Å². The highest BCUT2D eigenvalue weighted by Gasteiger charge is 2.23. The van der Waals surface area contributed by atoms with Gasteiger partial charge in [0, 0.05) is 30.4 Å². The summed E-state index contributed by atoms with van der Waals surface area (Å²) in [7, 11) is 0. The Balaban J connectivity index is 2.25. The highest BCUT2D eigenvalue weighted by Crippen LogP contribution is 2.30. The van der Waals surface area contributed by atoms with Gasteiger partial charge < -0.3 is 10.2 Å². The van der Waals surface area contributed by atoms with Crippen LogP contribution in [0.5, 0.6) is 0 Å². The summed E-state index contributed by atoms with van der Waals surface area (Å²) >= 11 is 0. The van der Waals surface area contributed by atoms with Gasteiger partial charge in [0.25, 0.3) is 0 Å². The standard InChI is InChI=1S/C17H27FN2/c1-3-19-13-15-16(18)11-8-12-17(15)20(4-2)14-9-6-5-7-10-14/h8,11-12,14,19H,3-7,9-10,13H2,1-2H3. The molecule has 20 heavy (non-hydrogen) atoms. The largest absolute Gasteiger partial charge is 0.368 e. The molecule has 1 aliphatic rings. The second-order valence-corrected chi connectivity index (χ2v) is 5.60. The minimum Gasteiger partial charge on any atom is -0.368 e. The van der Waals surface area contributed by atoms with Crippen LogP contribution in [0.3, 0.4) is 0 Å². The molecule has 0 saturated heterocycles. The number of benzene rings is 1. The Bertz CT molecular complexity index is 413. The van der Waals surface area contributed by atoms with Gasteiger partial charge >= 0.3 is 0 Å². The molecule has 0 heterocycles. The molecule has 2 nitrogen and oxygen atoms in total. The van der Waals surface area contributed by atoms with E-state index in [-0.39, 0.29) is 5.82 Å². The van der Waals surface area contributed by atoms with Gasteiger partial charge in [-0.05, 0) is 38.4 Å². The maximum atomic E-state index is 14.2. The average molecular weight is 278 g/mol. The van der Waals surface area contributed by atoms with Crippen LogP contribution in [0.2, 0.25) is 0 Å². The fraction of sp³-hybridized carbons (Fsp3) is 0.647. The van der Waals surface area contributed by atoms with Crippen molar-refractivity contribution in [2.24, 2.45) is 0 Å². The summed E-state index contributed by atoms with van der Waals surface area (Å²) in [5, 5.41) is 3.26. The molecule has 2 rings (SSSR count). The lowest BCUT2D eigenvalue weighted by Crippen LogP contribution is -2.37. The molecule has 112 valence electrons. The summed E-state index contributed by atoms with van der Waals surface area (Å²) in [5.41, 5.74) is 1.90. The molecular formula is C17H27FN2. The fourth-order valence-electron chi connectivity index (χ4n) is 3.26. The zero-order chi connectivity index (χ0) is 14.4. The first kappa shape index (κ1) is 15.3. The van der Waals surface area contributed by atoms with Gasteiger partial charge in [-0.15, -0.1) is 0 Å². The van der Waals surface area contributed by atoms with E-state index in [2.05, 4.69) is 30.1 Å². The molecule has 0 atom stereocenters. The summed E-state index contributed by atoms with van der Waals surface area (Å²) in [5.74, 6) is -0.0855. The van der Waals surface area contributed by atoms with Crippen LogP contribution in [0.4, 0.5) is 10.1 Å². The topological polar surface area (TPSA) is 15.3 Å². The van der Waals surface area contributed by atoms with Crippen molar-refractivity contribution in [3.05, 3.63) is 29.6 Å². The predicted molar refractivity (Wildman–Crippen MR) is 83.7 cm³/mol. The first-order chi connectivity index (χ1) is 9.77. The van der Waals surface area contributed by atoms with Crippen LogP contribution in [0.1, 0.15) is 51.5 Å². The molecular weight excluding hydrogens is 251 g/mol. The molecule has 0 amide bonds. The Morgan fingerprint density at radius 1 is 1.20 bits per heavy atom. The smallest absolute Gasteiger partial charge is 0.129 e. The maximum Gasteiger partial charge on any atom is 0.129 e. The normalized spacial score (nSPS) is 16.4. The Labute approximate surface area is 122 Å². The third-order valence-electron chi connectivity index (χ3n) is 4.31. The number of hydrogen-bond donors (Lipinski definition) is 1. The highest BCUT2D eigenvalue weighted by atomic mass is 19.1. The molecule has 0 aromatic heterocycles. The van der Waals surface area contributed by atoms with Crippen molar-refractivity contribution in [2.45, 2.75) is 58.5 Å². The summed E-state index contributed by atoms with van der Waals surface area (Å²) in [6, 6.07) is 6.07. The summed E-state index contributed by atoms with van der Waals surface area (Å²) in [6.07, 6.45) is 6.44. The minimum atomic E-state index is -0.0855. The second-order valence-electron chi connectivity index (χ2n) is 5.60. The van der Waals surface area contributed by atoms with E-state index in [0.717, 1.165) is 24.3 Å². The van der Waals surface area contributed by atoms with Gasteiger partial charge in [0.1, 0.15) is 5.82 Å². The van der Waals surface area contributed by atoms with E-state index in [4.69, 9.17) is 0 Å². The number of anilines is 1. The van der Waals surface area contributed by atoms with E-state index in [9.17, 15) is 4.39 Å². The lowest BCUT2D eigenvalue weighted by molar-refractivity contribution is 0.417. The molecule has 0 spiro atoms. The number of nitrogens with one attached hydrogen (secondary N) is 1. The predicted octanol–water partition coefficient (Wildman–Crippen LogP) is 4.09. The first-order valence-electron chi connectivity index (χ1n) is 8.02. The van der Waals surface area contributed by atoms with Crippen molar-refractivity contribution >= 4 is 5.69 Å². The molecule has 3 heteroatoms. The lowest BCUT2D eigenvalue weighted by atomic mass is 9.93.